The summed E-state index contributed by atoms with van der Waals surface area (Å²) in [5.41, 5.74) is 0.607. The van der Waals surface area contributed by atoms with Crippen molar-refractivity contribution in [2.45, 2.75) is 26.3 Å². The van der Waals surface area contributed by atoms with Gasteiger partial charge in [0.25, 0.3) is 0 Å². The number of rotatable bonds is 7. The fourth-order valence-electron chi connectivity index (χ4n) is 3.33. The van der Waals surface area contributed by atoms with Crippen LogP contribution in [0.1, 0.15) is 31.0 Å². The van der Waals surface area contributed by atoms with E-state index < -0.39 is 29.2 Å². The molecule has 2 aromatic carbocycles. The molecule has 0 saturated carbocycles. The molecule has 164 valence electrons. The number of halogens is 2. The van der Waals surface area contributed by atoms with Crippen molar-refractivity contribution >= 4 is 28.7 Å². The van der Waals surface area contributed by atoms with Gasteiger partial charge in [-0.2, -0.15) is 0 Å². The van der Waals surface area contributed by atoms with Crippen LogP contribution in [0, 0.1) is 5.82 Å². The van der Waals surface area contributed by atoms with Crippen LogP contribution in [0.25, 0.3) is 10.9 Å². The highest BCUT2D eigenvalue weighted by atomic mass is 35.5. The second kappa shape index (κ2) is 9.36. The molecule has 0 amide bonds. The lowest BCUT2D eigenvalue weighted by Crippen LogP contribution is -2.19. The Kier molecular flexibility index (Phi) is 6.82. The monoisotopic (exact) mass is 449 g/mol. The summed E-state index contributed by atoms with van der Waals surface area (Å²) >= 11 is 5.89. The molecule has 0 aliphatic rings. The summed E-state index contributed by atoms with van der Waals surface area (Å²) in [6, 6.07) is 7.31. The highest BCUT2D eigenvalue weighted by molar-refractivity contribution is 6.30. The SMILES string of the molecule is CCOc1cc2c(cc1Cc1cccc(Cl)c1F)c(=O)c(OC(=O)O)cn2[C@@H](C)CO. The minimum atomic E-state index is -1.63. The Hall–Kier alpha value is -3.10. The van der Waals surface area contributed by atoms with Crippen LogP contribution in [0.2, 0.25) is 5.02 Å². The number of aliphatic hydroxyl groups excluding tert-OH is 1. The minimum Gasteiger partial charge on any atom is -0.494 e. The molecule has 7 nitrogen and oxygen atoms in total. The van der Waals surface area contributed by atoms with E-state index in [1.807, 2.05) is 0 Å². The van der Waals surface area contributed by atoms with Gasteiger partial charge in [0, 0.05) is 12.5 Å². The van der Waals surface area contributed by atoms with Crippen LogP contribution in [0.4, 0.5) is 9.18 Å². The molecule has 0 radical (unpaired) electrons. The number of aliphatic hydroxyl groups is 1. The summed E-state index contributed by atoms with van der Waals surface area (Å²) in [6.45, 7) is 3.56. The third kappa shape index (κ3) is 4.65. The van der Waals surface area contributed by atoms with Gasteiger partial charge < -0.3 is 24.3 Å². The van der Waals surface area contributed by atoms with E-state index in [1.165, 1.54) is 18.3 Å². The third-order valence-corrected chi connectivity index (χ3v) is 5.12. The smallest absolute Gasteiger partial charge is 0.494 e. The van der Waals surface area contributed by atoms with Crippen molar-refractivity contribution in [3.05, 3.63) is 68.7 Å². The van der Waals surface area contributed by atoms with Crippen molar-refractivity contribution in [1.29, 1.82) is 0 Å². The first kappa shape index (κ1) is 22.6. The Morgan fingerprint density at radius 3 is 2.65 bits per heavy atom. The molecule has 3 rings (SSSR count). The summed E-state index contributed by atoms with van der Waals surface area (Å²) in [5, 5.41) is 18.7. The lowest BCUT2D eigenvalue weighted by Gasteiger charge is -2.20. The number of ether oxygens (including phenoxy) is 2. The van der Waals surface area contributed by atoms with Gasteiger partial charge in [0.15, 0.2) is 5.75 Å². The number of nitrogens with zero attached hydrogens (tertiary/aromatic N) is 1. The first-order valence-corrected chi connectivity index (χ1v) is 9.93. The Balaban J connectivity index is 2.28. The maximum atomic E-state index is 14.5. The van der Waals surface area contributed by atoms with Crippen LogP contribution in [0.15, 0.2) is 41.3 Å². The first-order chi connectivity index (χ1) is 14.8. The summed E-state index contributed by atoms with van der Waals surface area (Å²) in [4.78, 5) is 24.0. The van der Waals surface area contributed by atoms with Crippen molar-refractivity contribution in [3.63, 3.8) is 0 Å². The van der Waals surface area contributed by atoms with Gasteiger partial charge in [0.2, 0.25) is 5.43 Å². The molecule has 0 bridgehead atoms. The van der Waals surface area contributed by atoms with Crippen LogP contribution in [-0.4, -0.2) is 34.1 Å². The number of pyridine rings is 1. The summed E-state index contributed by atoms with van der Waals surface area (Å²) in [6.07, 6.45) is -0.297. The molecule has 31 heavy (non-hydrogen) atoms. The van der Waals surface area contributed by atoms with Crippen LogP contribution >= 0.6 is 11.6 Å². The Morgan fingerprint density at radius 1 is 1.26 bits per heavy atom. The zero-order chi connectivity index (χ0) is 22.7. The molecule has 1 aromatic heterocycles. The fraction of sp³-hybridized carbons (Fsp3) is 0.273. The molecule has 0 aliphatic heterocycles. The molecular formula is C22H21ClFNO6. The molecule has 0 saturated heterocycles. The van der Waals surface area contributed by atoms with Gasteiger partial charge in [-0.05, 0) is 37.1 Å². The molecule has 1 atom stereocenters. The van der Waals surface area contributed by atoms with Crippen molar-refractivity contribution in [3.8, 4) is 11.5 Å². The van der Waals surface area contributed by atoms with Gasteiger partial charge >= 0.3 is 6.16 Å². The van der Waals surface area contributed by atoms with Crippen LogP contribution in [0.3, 0.4) is 0 Å². The molecule has 0 fully saturated rings. The van der Waals surface area contributed by atoms with Crippen molar-refractivity contribution in [2.75, 3.05) is 13.2 Å². The largest absolute Gasteiger partial charge is 0.511 e. The predicted molar refractivity (Wildman–Crippen MR) is 114 cm³/mol. The average Bonchev–Trinajstić information content (AvgIpc) is 2.73. The maximum absolute atomic E-state index is 14.5. The summed E-state index contributed by atoms with van der Waals surface area (Å²) in [5.74, 6) is -0.537. The molecular weight excluding hydrogens is 429 g/mol. The van der Waals surface area contributed by atoms with E-state index in [2.05, 4.69) is 4.74 Å². The van der Waals surface area contributed by atoms with Crippen LogP contribution in [-0.2, 0) is 6.42 Å². The van der Waals surface area contributed by atoms with Crippen molar-refractivity contribution in [2.24, 2.45) is 0 Å². The molecule has 0 aliphatic carbocycles. The van der Waals surface area contributed by atoms with Crippen molar-refractivity contribution in [1.82, 2.24) is 4.57 Å². The standard InChI is InChI=1S/C22H21ClFNO6/c1-3-30-18-9-17-15(8-14(18)7-13-5-4-6-16(23)20(13)24)21(27)19(31-22(28)29)10-25(17)12(2)11-26/h4-6,8-10,12,26H,3,7,11H2,1-2H3,(H,28,29)/t12-/m0/s1. The average molecular weight is 450 g/mol. The maximum Gasteiger partial charge on any atom is 0.511 e. The Morgan fingerprint density at radius 2 is 2.00 bits per heavy atom. The van der Waals surface area contributed by atoms with Gasteiger partial charge in [0.1, 0.15) is 11.6 Å². The highest BCUT2D eigenvalue weighted by Crippen LogP contribution is 2.31. The number of fused-ring (bicyclic) bond motifs is 1. The topological polar surface area (TPSA) is 98.0 Å². The number of carbonyl (C=O) groups is 1. The van der Waals surface area contributed by atoms with Crippen LogP contribution in [0.5, 0.6) is 11.5 Å². The molecule has 0 spiro atoms. The van der Waals surface area contributed by atoms with E-state index in [1.54, 1.807) is 36.6 Å². The normalized spacial score (nSPS) is 12.0. The Labute approximate surface area is 182 Å². The van der Waals surface area contributed by atoms with E-state index in [0.29, 0.717) is 29.0 Å². The van der Waals surface area contributed by atoms with E-state index in [0.717, 1.165) is 0 Å². The molecule has 1 heterocycles. The van der Waals surface area contributed by atoms with E-state index in [-0.39, 0.29) is 23.4 Å². The first-order valence-electron chi connectivity index (χ1n) is 9.55. The zero-order valence-electron chi connectivity index (χ0n) is 16.9. The lowest BCUT2D eigenvalue weighted by molar-refractivity contribution is 0.143. The second-order valence-corrected chi connectivity index (χ2v) is 7.34. The number of hydrogen-bond donors (Lipinski definition) is 2. The third-order valence-electron chi connectivity index (χ3n) is 4.83. The van der Waals surface area contributed by atoms with Gasteiger partial charge in [-0.25, -0.2) is 9.18 Å². The van der Waals surface area contributed by atoms with Gasteiger partial charge in [-0.3, -0.25) is 4.79 Å². The lowest BCUT2D eigenvalue weighted by atomic mass is 10.0. The molecule has 0 unspecified atom stereocenters. The van der Waals surface area contributed by atoms with E-state index in [4.69, 9.17) is 21.4 Å². The Bertz CT molecular complexity index is 1190. The van der Waals surface area contributed by atoms with Crippen LogP contribution < -0.4 is 14.9 Å². The number of hydrogen-bond acceptors (Lipinski definition) is 5. The molecule has 9 heteroatoms. The van der Waals surface area contributed by atoms with Crippen molar-refractivity contribution < 1.29 is 28.9 Å². The zero-order valence-corrected chi connectivity index (χ0v) is 17.6. The number of benzene rings is 2. The molecule has 3 aromatic rings. The van der Waals surface area contributed by atoms with E-state index in [9.17, 15) is 19.1 Å². The fourth-order valence-corrected chi connectivity index (χ4v) is 3.53. The summed E-state index contributed by atoms with van der Waals surface area (Å²) < 4.78 is 26.4. The molecule has 2 N–H and O–H groups in total. The van der Waals surface area contributed by atoms with Gasteiger partial charge in [0.05, 0.1) is 41.4 Å². The van der Waals surface area contributed by atoms with Gasteiger partial charge in [-0.15, -0.1) is 0 Å². The van der Waals surface area contributed by atoms with E-state index >= 15 is 0 Å². The van der Waals surface area contributed by atoms with Gasteiger partial charge in [-0.1, -0.05) is 23.7 Å². The summed E-state index contributed by atoms with van der Waals surface area (Å²) in [7, 11) is 0. The minimum absolute atomic E-state index is 0.0208. The second-order valence-electron chi connectivity index (χ2n) is 6.93. The number of carboxylic acid groups (broad SMARTS) is 1. The highest BCUT2D eigenvalue weighted by Gasteiger charge is 2.19. The predicted octanol–water partition coefficient (Wildman–Crippen LogP) is 4.39. The quantitative estimate of drug-likeness (QED) is 0.519. The number of aromatic nitrogens is 1.